The first-order valence-electron chi connectivity index (χ1n) is 5.40. The Morgan fingerprint density at radius 3 is 2.59 bits per heavy atom. The molecule has 3 nitrogen and oxygen atoms in total. The van der Waals surface area contributed by atoms with Crippen LogP contribution in [0.2, 0.25) is 10.0 Å². The Hall–Kier alpha value is -1.06. The normalized spacial score (nSPS) is 10.8. The standard InChI is InChI=1S/C12H14Cl2N2O/c1-2-3-4-12(17)16-15-8-9-5-10(13)7-11(14)6-9/h5-8H,2-4H2,1H3,(H,16,17)/b15-8+. The van der Waals surface area contributed by atoms with Gasteiger partial charge in [0.05, 0.1) is 6.21 Å². The van der Waals surface area contributed by atoms with E-state index >= 15 is 0 Å². The van der Waals surface area contributed by atoms with Gasteiger partial charge in [-0.1, -0.05) is 36.5 Å². The van der Waals surface area contributed by atoms with E-state index in [4.69, 9.17) is 23.2 Å². The third kappa shape index (κ3) is 5.71. The van der Waals surface area contributed by atoms with Crippen molar-refractivity contribution in [3.05, 3.63) is 33.8 Å². The number of halogens is 2. The van der Waals surface area contributed by atoms with Gasteiger partial charge in [-0.15, -0.1) is 0 Å². The van der Waals surface area contributed by atoms with Gasteiger partial charge in [-0.25, -0.2) is 5.43 Å². The Labute approximate surface area is 111 Å². The van der Waals surface area contributed by atoms with Gasteiger partial charge in [-0.05, 0) is 30.2 Å². The van der Waals surface area contributed by atoms with Gasteiger partial charge in [-0.3, -0.25) is 4.79 Å². The second-order valence-corrected chi connectivity index (χ2v) is 4.47. The van der Waals surface area contributed by atoms with Crippen LogP contribution < -0.4 is 5.43 Å². The van der Waals surface area contributed by atoms with Gasteiger partial charge in [0.25, 0.3) is 0 Å². The molecule has 0 fully saturated rings. The number of rotatable bonds is 5. The Balaban J connectivity index is 2.50. The molecule has 1 aromatic rings. The van der Waals surface area contributed by atoms with Gasteiger partial charge >= 0.3 is 0 Å². The summed E-state index contributed by atoms with van der Waals surface area (Å²) >= 11 is 11.7. The van der Waals surface area contributed by atoms with E-state index in [2.05, 4.69) is 10.5 Å². The number of hydrazone groups is 1. The molecular formula is C12H14Cl2N2O. The van der Waals surface area contributed by atoms with E-state index in [0.717, 1.165) is 18.4 Å². The molecule has 0 unspecified atom stereocenters. The van der Waals surface area contributed by atoms with Crippen molar-refractivity contribution in [3.8, 4) is 0 Å². The maximum absolute atomic E-state index is 11.2. The van der Waals surface area contributed by atoms with Crippen LogP contribution in [0.15, 0.2) is 23.3 Å². The lowest BCUT2D eigenvalue weighted by Crippen LogP contribution is -2.16. The lowest BCUT2D eigenvalue weighted by molar-refractivity contribution is -0.121. The molecule has 0 aliphatic heterocycles. The summed E-state index contributed by atoms with van der Waals surface area (Å²) in [6.45, 7) is 2.03. The van der Waals surface area contributed by atoms with E-state index in [9.17, 15) is 4.79 Å². The highest BCUT2D eigenvalue weighted by Gasteiger charge is 1.98. The summed E-state index contributed by atoms with van der Waals surface area (Å²) in [5.41, 5.74) is 3.20. The van der Waals surface area contributed by atoms with Crippen LogP contribution >= 0.6 is 23.2 Å². The Bertz CT molecular complexity index is 399. The molecule has 0 heterocycles. The van der Waals surface area contributed by atoms with Crippen molar-refractivity contribution in [2.45, 2.75) is 26.2 Å². The van der Waals surface area contributed by atoms with Crippen LogP contribution in [0.5, 0.6) is 0 Å². The molecule has 0 spiro atoms. The van der Waals surface area contributed by atoms with Crippen molar-refractivity contribution in [1.29, 1.82) is 0 Å². The fraction of sp³-hybridized carbons (Fsp3) is 0.333. The number of nitrogens with zero attached hydrogens (tertiary/aromatic N) is 1. The average molecular weight is 273 g/mol. The average Bonchev–Trinajstić information content (AvgIpc) is 2.25. The topological polar surface area (TPSA) is 41.5 Å². The zero-order chi connectivity index (χ0) is 12.7. The maximum atomic E-state index is 11.2. The lowest BCUT2D eigenvalue weighted by atomic mass is 10.2. The molecule has 92 valence electrons. The molecule has 0 saturated heterocycles. The van der Waals surface area contributed by atoms with Gasteiger partial charge in [0, 0.05) is 16.5 Å². The highest BCUT2D eigenvalue weighted by atomic mass is 35.5. The second kappa shape index (κ2) is 7.30. The summed E-state index contributed by atoms with van der Waals surface area (Å²) in [6.07, 6.45) is 3.86. The molecular weight excluding hydrogens is 259 g/mol. The SMILES string of the molecule is CCCCC(=O)N/N=C/c1cc(Cl)cc(Cl)c1. The van der Waals surface area contributed by atoms with E-state index in [0.29, 0.717) is 16.5 Å². The van der Waals surface area contributed by atoms with E-state index in [1.165, 1.54) is 6.21 Å². The van der Waals surface area contributed by atoms with Crippen molar-refractivity contribution in [1.82, 2.24) is 5.43 Å². The molecule has 0 saturated carbocycles. The van der Waals surface area contributed by atoms with Crippen molar-refractivity contribution >= 4 is 35.3 Å². The number of unbranched alkanes of at least 4 members (excludes halogenated alkanes) is 1. The number of nitrogens with one attached hydrogen (secondary N) is 1. The zero-order valence-corrected chi connectivity index (χ0v) is 11.1. The summed E-state index contributed by atoms with van der Waals surface area (Å²) in [4.78, 5) is 11.2. The molecule has 0 aromatic heterocycles. The molecule has 0 aliphatic carbocycles. The molecule has 0 bridgehead atoms. The molecule has 0 radical (unpaired) electrons. The smallest absolute Gasteiger partial charge is 0.240 e. The van der Waals surface area contributed by atoms with Crippen LogP contribution in [0.4, 0.5) is 0 Å². The van der Waals surface area contributed by atoms with Gasteiger partial charge in [0.2, 0.25) is 5.91 Å². The van der Waals surface area contributed by atoms with E-state index in [1.54, 1.807) is 18.2 Å². The minimum Gasteiger partial charge on any atom is -0.273 e. The molecule has 0 atom stereocenters. The molecule has 0 aliphatic rings. The lowest BCUT2D eigenvalue weighted by Gasteiger charge is -1.99. The summed E-state index contributed by atoms with van der Waals surface area (Å²) < 4.78 is 0. The molecule has 1 aromatic carbocycles. The molecule has 1 amide bonds. The first-order chi connectivity index (χ1) is 8.11. The van der Waals surface area contributed by atoms with Crippen molar-refractivity contribution in [3.63, 3.8) is 0 Å². The van der Waals surface area contributed by atoms with Crippen LogP contribution in [-0.4, -0.2) is 12.1 Å². The minimum atomic E-state index is -0.0868. The van der Waals surface area contributed by atoms with Crippen molar-refractivity contribution in [2.75, 3.05) is 0 Å². The first-order valence-corrected chi connectivity index (χ1v) is 6.15. The number of carbonyl (C=O) groups is 1. The zero-order valence-electron chi connectivity index (χ0n) is 9.54. The fourth-order valence-corrected chi connectivity index (χ4v) is 1.76. The third-order valence-electron chi connectivity index (χ3n) is 2.05. The summed E-state index contributed by atoms with van der Waals surface area (Å²) in [5, 5.41) is 4.91. The predicted molar refractivity (Wildman–Crippen MR) is 71.7 cm³/mol. The summed E-state index contributed by atoms with van der Waals surface area (Å²) in [6, 6.07) is 5.07. The van der Waals surface area contributed by atoms with Crippen molar-refractivity contribution < 1.29 is 4.79 Å². The highest BCUT2D eigenvalue weighted by Crippen LogP contribution is 2.17. The highest BCUT2D eigenvalue weighted by molar-refractivity contribution is 6.35. The van der Waals surface area contributed by atoms with E-state index < -0.39 is 0 Å². The molecule has 1 N–H and O–H groups in total. The number of amides is 1. The van der Waals surface area contributed by atoms with Crippen LogP contribution in [0.25, 0.3) is 0 Å². The Morgan fingerprint density at radius 1 is 1.35 bits per heavy atom. The largest absolute Gasteiger partial charge is 0.273 e. The van der Waals surface area contributed by atoms with Crippen LogP contribution in [-0.2, 0) is 4.79 Å². The first kappa shape index (κ1) is 14.0. The van der Waals surface area contributed by atoms with Crippen LogP contribution in [0.1, 0.15) is 31.7 Å². The fourth-order valence-electron chi connectivity index (χ4n) is 1.22. The maximum Gasteiger partial charge on any atom is 0.240 e. The quantitative estimate of drug-likeness (QED) is 0.646. The van der Waals surface area contributed by atoms with Gasteiger partial charge in [0.15, 0.2) is 0 Å². The van der Waals surface area contributed by atoms with Gasteiger partial charge in [0.1, 0.15) is 0 Å². The number of benzene rings is 1. The minimum absolute atomic E-state index is 0.0868. The van der Waals surface area contributed by atoms with E-state index in [1.807, 2.05) is 6.92 Å². The number of hydrogen-bond donors (Lipinski definition) is 1. The summed E-state index contributed by atoms with van der Waals surface area (Å²) in [7, 11) is 0. The Morgan fingerprint density at radius 2 is 2.00 bits per heavy atom. The predicted octanol–water partition coefficient (Wildman–Crippen LogP) is 3.63. The summed E-state index contributed by atoms with van der Waals surface area (Å²) in [5.74, 6) is -0.0868. The molecule has 17 heavy (non-hydrogen) atoms. The number of carbonyl (C=O) groups excluding carboxylic acids is 1. The second-order valence-electron chi connectivity index (χ2n) is 3.60. The van der Waals surface area contributed by atoms with Gasteiger partial charge in [-0.2, -0.15) is 5.10 Å². The molecule has 1 rings (SSSR count). The van der Waals surface area contributed by atoms with Crippen molar-refractivity contribution in [2.24, 2.45) is 5.10 Å². The molecule has 5 heteroatoms. The van der Waals surface area contributed by atoms with Crippen LogP contribution in [0, 0.1) is 0 Å². The van der Waals surface area contributed by atoms with Gasteiger partial charge < -0.3 is 0 Å². The third-order valence-corrected chi connectivity index (χ3v) is 2.48. The van der Waals surface area contributed by atoms with E-state index in [-0.39, 0.29) is 5.91 Å². The monoisotopic (exact) mass is 272 g/mol. The van der Waals surface area contributed by atoms with Crippen LogP contribution in [0.3, 0.4) is 0 Å². The number of hydrogen-bond acceptors (Lipinski definition) is 2. The Kier molecular flexibility index (Phi) is 6.01.